The normalized spacial score (nSPS) is 11.1. The van der Waals surface area contributed by atoms with E-state index in [9.17, 15) is 4.79 Å². The molecule has 0 bridgehead atoms. The Labute approximate surface area is 155 Å². The monoisotopic (exact) mass is 372 g/mol. The number of hydrogen-bond acceptors (Lipinski definition) is 5. The van der Waals surface area contributed by atoms with Gasteiger partial charge >= 0.3 is 0 Å². The van der Waals surface area contributed by atoms with Gasteiger partial charge in [0.25, 0.3) is 0 Å². The molecule has 0 unspecified atom stereocenters. The molecule has 134 valence electrons. The lowest BCUT2D eigenvalue weighted by atomic mass is 10.1. The van der Waals surface area contributed by atoms with Gasteiger partial charge < -0.3 is 18.6 Å². The molecule has 3 rings (SSSR count). The van der Waals surface area contributed by atoms with E-state index in [1.54, 1.807) is 63.8 Å². The molecule has 2 aromatic carbocycles. The number of fused-ring (bicyclic) bond motifs is 1. The summed E-state index contributed by atoms with van der Waals surface area (Å²) < 4.78 is 21.5. The third kappa shape index (κ3) is 3.53. The van der Waals surface area contributed by atoms with Crippen LogP contribution in [0.1, 0.15) is 16.1 Å². The summed E-state index contributed by atoms with van der Waals surface area (Å²) >= 11 is 5.96. The first-order valence-electron chi connectivity index (χ1n) is 7.77. The second kappa shape index (κ2) is 7.54. The predicted molar refractivity (Wildman–Crippen MR) is 101 cm³/mol. The summed E-state index contributed by atoms with van der Waals surface area (Å²) in [5.41, 5.74) is 1.28. The average Bonchev–Trinajstić information content (AvgIpc) is 3.08. The van der Waals surface area contributed by atoms with E-state index in [4.69, 9.17) is 30.2 Å². The molecule has 0 amide bonds. The number of methoxy groups -OCH3 is 3. The molecule has 0 aliphatic heterocycles. The molecule has 0 saturated heterocycles. The number of ketones is 1. The second-order valence-electron chi connectivity index (χ2n) is 5.44. The number of halogens is 1. The number of hydrogen-bond donors (Lipinski definition) is 0. The van der Waals surface area contributed by atoms with Gasteiger partial charge in [-0.2, -0.15) is 0 Å². The minimum Gasteiger partial charge on any atom is -0.496 e. The molecule has 3 aromatic rings. The molecule has 0 aliphatic rings. The molecule has 0 fully saturated rings. The van der Waals surface area contributed by atoms with Crippen LogP contribution in [0.4, 0.5) is 0 Å². The quantitative estimate of drug-likeness (QED) is 0.449. The lowest BCUT2D eigenvalue weighted by Gasteiger charge is -2.11. The van der Waals surface area contributed by atoms with Crippen molar-refractivity contribution in [1.29, 1.82) is 0 Å². The Balaban J connectivity index is 1.91. The van der Waals surface area contributed by atoms with Gasteiger partial charge in [0.15, 0.2) is 17.3 Å². The van der Waals surface area contributed by atoms with Crippen LogP contribution in [0, 0.1) is 0 Å². The van der Waals surface area contributed by atoms with Gasteiger partial charge in [0.2, 0.25) is 5.78 Å². The van der Waals surface area contributed by atoms with E-state index in [2.05, 4.69) is 0 Å². The van der Waals surface area contributed by atoms with E-state index in [0.717, 1.165) is 5.39 Å². The van der Waals surface area contributed by atoms with E-state index in [-0.39, 0.29) is 11.5 Å². The number of allylic oxidation sites excluding steroid dienone is 1. The van der Waals surface area contributed by atoms with Gasteiger partial charge in [0.05, 0.1) is 21.3 Å². The first-order valence-corrected chi connectivity index (χ1v) is 8.15. The van der Waals surface area contributed by atoms with Crippen molar-refractivity contribution in [1.82, 2.24) is 0 Å². The van der Waals surface area contributed by atoms with Gasteiger partial charge in [-0.3, -0.25) is 4.79 Å². The van der Waals surface area contributed by atoms with Crippen molar-refractivity contribution < 1.29 is 23.4 Å². The van der Waals surface area contributed by atoms with Gasteiger partial charge in [0, 0.05) is 22.0 Å². The fraction of sp³-hybridized carbons (Fsp3) is 0.150. The number of carbonyl (C=O) groups excluding carboxylic acids is 1. The Kier molecular flexibility index (Phi) is 5.19. The third-order valence-electron chi connectivity index (χ3n) is 3.87. The van der Waals surface area contributed by atoms with Gasteiger partial charge in [-0.15, -0.1) is 0 Å². The van der Waals surface area contributed by atoms with Gasteiger partial charge in [0.1, 0.15) is 11.3 Å². The van der Waals surface area contributed by atoms with Gasteiger partial charge in [-0.25, -0.2) is 0 Å². The van der Waals surface area contributed by atoms with E-state index >= 15 is 0 Å². The molecule has 1 heterocycles. The highest BCUT2D eigenvalue weighted by molar-refractivity contribution is 6.31. The summed E-state index contributed by atoms with van der Waals surface area (Å²) in [6, 6.07) is 10.3. The second-order valence-corrected chi connectivity index (χ2v) is 5.88. The summed E-state index contributed by atoms with van der Waals surface area (Å²) in [6.45, 7) is 0. The maximum atomic E-state index is 12.4. The molecule has 0 atom stereocenters. The molecule has 5 nitrogen and oxygen atoms in total. The van der Waals surface area contributed by atoms with E-state index in [1.165, 1.54) is 6.08 Å². The fourth-order valence-corrected chi connectivity index (χ4v) is 2.75. The van der Waals surface area contributed by atoms with Crippen LogP contribution in [0.3, 0.4) is 0 Å². The molecule has 0 aliphatic carbocycles. The Morgan fingerprint density at radius 3 is 2.35 bits per heavy atom. The summed E-state index contributed by atoms with van der Waals surface area (Å²) in [4.78, 5) is 12.4. The van der Waals surface area contributed by atoms with Crippen LogP contribution >= 0.6 is 11.6 Å². The molecule has 26 heavy (non-hydrogen) atoms. The zero-order valence-electron chi connectivity index (χ0n) is 14.5. The Bertz CT molecular complexity index is 987. The van der Waals surface area contributed by atoms with Crippen molar-refractivity contribution >= 4 is 34.4 Å². The highest BCUT2D eigenvalue weighted by Crippen LogP contribution is 2.35. The van der Waals surface area contributed by atoms with Crippen LogP contribution in [-0.2, 0) is 0 Å². The van der Waals surface area contributed by atoms with Crippen molar-refractivity contribution in [3.8, 4) is 17.2 Å². The van der Waals surface area contributed by atoms with Crippen LogP contribution < -0.4 is 14.2 Å². The molecule has 6 heteroatoms. The highest BCUT2D eigenvalue weighted by Gasteiger charge is 2.13. The SMILES string of the molecule is COc1cc(OC)c(OC)cc1/C=C/C(=O)c1cc2cc(Cl)ccc2o1. The van der Waals surface area contributed by atoms with Crippen molar-refractivity contribution in [2.45, 2.75) is 0 Å². The molecular formula is C20H17ClO5. The van der Waals surface area contributed by atoms with E-state index in [1.807, 2.05) is 0 Å². The zero-order valence-corrected chi connectivity index (χ0v) is 15.3. The maximum absolute atomic E-state index is 12.4. The standard InChI is InChI=1S/C20H17ClO5/c1-23-17-11-20(25-3)19(24-2)9-12(17)4-6-15(22)18-10-13-8-14(21)5-7-16(13)26-18/h4-11H,1-3H3/b6-4+. The van der Waals surface area contributed by atoms with Crippen molar-refractivity contribution in [3.63, 3.8) is 0 Å². The Hall–Kier alpha value is -2.92. The van der Waals surface area contributed by atoms with Crippen LogP contribution in [0.5, 0.6) is 17.2 Å². The van der Waals surface area contributed by atoms with Crippen LogP contribution in [0.15, 0.2) is 46.9 Å². The largest absolute Gasteiger partial charge is 0.496 e. The highest BCUT2D eigenvalue weighted by atomic mass is 35.5. The van der Waals surface area contributed by atoms with Gasteiger partial charge in [-0.1, -0.05) is 11.6 Å². The number of carbonyl (C=O) groups is 1. The zero-order chi connectivity index (χ0) is 18.7. The average molecular weight is 373 g/mol. The van der Waals surface area contributed by atoms with E-state index in [0.29, 0.717) is 33.4 Å². The summed E-state index contributed by atoms with van der Waals surface area (Å²) in [7, 11) is 4.63. The first-order chi connectivity index (χ1) is 12.5. The first kappa shape index (κ1) is 17.9. The summed E-state index contributed by atoms with van der Waals surface area (Å²) in [6.07, 6.45) is 3.06. The van der Waals surface area contributed by atoms with Crippen LogP contribution in [-0.4, -0.2) is 27.1 Å². The third-order valence-corrected chi connectivity index (χ3v) is 4.11. The van der Waals surface area contributed by atoms with Crippen molar-refractivity contribution in [2.24, 2.45) is 0 Å². The summed E-state index contributed by atoms with van der Waals surface area (Å²) in [5.74, 6) is 1.61. The Morgan fingerprint density at radius 2 is 1.65 bits per heavy atom. The fourth-order valence-electron chi connectivity index (χ4n) is 2.57. The number of rotatable bonds is 6. The molecule has 0 radical (unpaired) electrons. The van der Waals surface area contributed by atoms with Crippen molar-refractivity contribution in [3.05, 3.63) is 58.8 Å². The van der Waals surface area contributed by atoms with Crippen LogP contribution in [0.2, 0.25) is 5.02 Å². The number of ether oxygens (including phenoxy) is 3. The molecular weight excluding hydrogens is 356 g/mol. The van der Waals surface area contributed by atoms with Crippen LogP contribution in [0.25, 0.3) is 17.0 Å². The minimum atomic E-state index is -0.269. The Morgan fingerprint density at radius 1 is 0.962 bits per heavy atom. The molecule has 0 saturated carbocycles. The lowest BCUT2D eigenvalue weighted by molar-refractivity contribution is 0.102. The van der Waals surface area contributed by atoms with E-state index < -0.39 is 0 Å². The maximum Gasteiger partial charge on any atom is 0.221 e. The topological polar surface area (TPSA) is 57.9 Å². The molecule has 0 spiro atoms. The predicted octanol–water partition coefficient (Wildman–Crippen LogP) is 5.01. The lowest BCUT2D eigenvalue weighted by Crippen LogP contribution is -1.95. The minimum absolute atomic E-state index is 0.234. The number of benzene rings is 2. The van der Waals surface area contributed by atoms with Crippen molar-refractivity contribution in [2.75, 3.05) is 21.3 Å². The smallest absolute Gasteiger partial charge is 0.221 e. The number of furan rings is 1. The molecule has 0 N–H and O–H groups in total. The molecule has 1 aromatic heterocycles. The summed E-state index contributed by atoms with van der Waals surface area (Å²) in [5, 5.41) is 1.36. The van der Waals surface area contributed by atoms with Gasteiger partial charge in [-0.05, 0) is 42.5 Å².